The quantitative estimate of drug-likeness (QED) is 0.479. The van der Waals surface area contributed by atoms with Crippen LogP contribution >= 0.6 is 23.5 Å². The average Bonchev–Trinajstić information content (AvgIpc) is 2.85. The Balaban J connectivity index is 1.32. The Labute approximate surface area is 197 Å². The summed E-state index contributed by atoms with van der Waals surface area (Å²) < 4.78 is 5.33. The van der Waals surface area contributed by atoms with Crippen LogP contribution in [0.1, 0.15) is 5.56 Å². The number of hydrogen-bond donors (Lipinski definition) is 0. The van der Waals surface area contributed by atoms with Gasteiger partial charge in [-0.2, -0.15) is 0 Å². The molecular formula is C24H26N4O2S2. The third-order valence-electron chi connectivity index (χ3n) is 5.32. The SMILES string of the molecule is COc1cccc(N2CCN(C(=O)CSc3nccnc3Sc3ccccc3C)CC2)c1. The molecule has 2 heterocycles. The summed E-state index contributed by atoms with van der Waals surface area (Å²) in [6.45, 7) is 5.12. The number of benzene rings is 2. The van der Waals surface area contributed by atoms with Gasteiger partial charge < -0.3 is 14.5 Å². The van der Waals surface area contributed by atoms with Gasteiger partial charge in [-0.1, -0.05) is 47.8 Å². The molecule has 1 aliphatic heterocycles. The molecule has 0 aliphatic carbocycles. The molecule has 0 saturated carbocycles. The van der Waals surface area contributed by atoms with Gasteiger partial charge >= 0.3 is 0 Å². The smallest absolute Gasteiger partial charge is 0.233 e. The van der Waals surface area contributed by atoms with Crippen LogP contribution in [0.3, 0.4) is 0 Å². The third kappa shape index (κ3) is 5.55. The van der Waals surface area contributed by atoms with Crippen molar-refractivity contribution in [3.8, 4) is 5.75 Å². The maximum atomic E-state index is 12.9. The van der Waals surface area contributed by atoms with E-state index in [1.54, 1.807) is 31.3 Å². The largest absolute Gasteiger partial charge is 0.497 e. The average molecular weight is 467 g/mol. The zero-order valence-electron chi connectivity index (χ0n) is 18.2. The van der Waals surface area contributed by atoms with Gasteiger partial charge in [-0.3, -0.25) is 4.79 Å². The van der Waals surface area contributed by atoms with Crippen molar-refractivity contribution in [2.75, 3.05) is 43.9 Å². The van der Waals surface area contributed by atoms with Crippen molar-refractivity contribution in [2.24, 2.45) is 0 Å². The maximum Gasteiger partial charge on any atom is 0.233 e. The molecular weight excluding hydrogens is 440 g/mol. The lowest BCUT2D eigenvalue weighted by atomic mass is 10.2. The van der Waals surface area contributed by atoms with Crippen LogP contribution in [0.25, 0.3) is 0 Å². The molecule has 0 atom stereocenters. The molecule has 4 rings (SSSR count). The van der Waals surface area contributed by atoms with Crippen LogP contribution in [-0.4, -0.2) is 59.8 Å². The summed E-state index contributed by atoms with van der Waals surface area (Å²) in [4.78, 5) is 27.2. The number of anilines is 1. The highest BCUT2D eigenvalue weighted by molar-refractivity contribution is 8.02. The number of thioether (sulfide) groups is 1. The molecule has 1 saturated heterocycles. The van der Waals surface area contributed by atoms with Crippen molar-refractivity contribution in [1.82, 2.24) is 14.9 Å². The normalized spacial score (nSPS) is 13.8. The fourth-order valence-electron chi connectivity index (χ4n) is 3.50. The molecule has 0 radical (unpaired) electrons. The fourth-order valence-corrected chi connectivity index (χ4v) is 5.39. The Morgan fingerprint density at radius 3 is 2.50 bits per heavy atom. The Hall–Kier alpha value is -2.71. The number of piperazine rings is 1. The highest BCUT2D eigenvalue weighted by atomic mass is 32.2. The van der Waals surface area contributed by atoms with E-state index in [4.69, 9.17) is 4.74 Å². The zero-order chi connectivity index (χ0) is 22.3. The number of carbonyl (C=O) groups is 1. The number of aromatic nitrogens is 2. The molecule has 0 unspecified atom stereocenters. The predicted octanol–water partition coefficient (Wildman–Crippen LogP) is 4.39. The lowest BCUT2D eigenvalue weighted by molar-refractivity contribution is -0.128. The molecule has 1 amide bonds. The van der Waals surface area contributed by atoms with E-state index in [0.717, 1.165) is 39.5 Å². The minimum absolute atomic E-state index is 0.137. The van der Waals surface area contributed by atoms with Crippen molar-refractivity contribution in [1.29, 1.82) is 0 Å². The van der Waals surface area contributed by atoms with Gasteiger partial charge in [0.2, 0.25) is 5.91 Å². The predicted molar refractivity (Wildman–Crippen MR) is 130 cm³/mol. The van der Waals surface area contributed by atoms with Gasteiger partial charge in [0.1, 0.15) is 15.8 Å². The zero-order valence-corrected chi connectivity index (χ0v) is 19.9. The number of amides is 1. The van der Waals surface area contributed by atoms with Crippen molar-refractivity contribution in [3.05, 3.63) is 66.5 Å². The molecule has 2 aromatic carbocycles. The molecule has 8 heteroatoms. The summed E-state index contributed by atoms with van der Waals surface area (Å²) in [6, 6.07) is 16.3. The third-order valence-corrected chi connectivity index (χ3v) is 7.58. The van der Waals surface area contributed by atoms with Crippen molar-refractivity contribution in [3.63, 3.8) is 0 Å². The summed E-state index contributed by atoms with van der Waals surface area (Å²) in [5, 5.41) is 1.63. The molecule has 0 bridgehead atoms. The van der Waals surface area contributed by atoms with E-state index in [1.807, 2.05) is 35.2 Å². The van der Waals surface area contributed by atoms with Gasteiger partial charge in [0.05, 0.1) is 12.9 Å². The Bertz CT molecular complexity index is 1070. The molecule has 1 aliphatic rings. The second-order valence-electron chi connectivity index (χ2n) is 7.39. The monoisotopic (exact) mass is 466 g/mol. The van der Waals surface area contributed by atoms with E-state index < -0.39 is 0 Å². The molecule has 166 valence electrons. The van der Waals surface area contributed by atoms with Crippen LogP contribution in [0.2, 0.25) is 0 Å². The van der Waals surface area contributed by atoms with Gasteiger partial charge in [-0.25, -0.2) is 9.97 Å². The summed E-state index contributed by atoms with van der Waals surface area (Å²) in [5.41, 5.74) is 2.33. The van der Waals surface area contributed by atoms with Crippen molar-refractivity contribution < 1.29 is 9.53 Å². The van der Waals surface area contributed by atoms with Gasteiger partial charge in [-0.15, -0.1) is 0 Å². The van der Waals surface area contributed by atoms with E-state index in [0.29, 0.717) is 18.8 Å². The van der Waals surface area contributed by atoms with E-state index in [2.05, 4.69) is 40.0 Å². The number of rotatable bonds is 7. The molecule has 6 nitrogen and oxygen atoms in total. The molecule has 0 N–H and O–H groups in total. The summed E-state index contributed by atoms with van der Waals surface area (Å²) in [5.74, 6) is 1.35. The second-order valence-corrected chi connectivity index (χ2v) is 9.39. The molecule has 3 aromatic rings. The first-order valence-corrected chi connectivity index (χ1v) is 12.3. The van der Waals surface area contributed by atoms with Crippen molar-refractivity contribution >= 4 is 35.1 Å². The van der Waals surface area contributed by atoms with Crippen LogP contribution in [0, 0.1) is 6.92 Å². The van der Waals surface area contributed by atoms with Crippen LogP contribution < -0.4 is 9.64 Å². The summed E-state index contributed by atoms with van der Waals surface area (Å²) in [7, 11) is 1.68. The van der Waals surface area contributed by atoms with Crippen LogP contribution in [-0.2, 0) is 4.79 Å². The Kier molecular flexibility index (Phi) is 7.55. The number of nitrogens with zero attached hydrogens (tertiary/aromatic N) is 4. The first kappa shape index (κ1) is 22.5. The van der Waals surface area contributed by atoms with Crippen LogP contribution in [0.5, 0.6) is 5.75 Å². The molecule has 32 heavy (non-hydrogen) atoms. The number of aryl methyl sites for hydroxylation is 1. The number of methoxy groups -OCH3 is 1. The highest BCUT2D eigenvalue weighted by Gasteiger charge is 2.22. The first-order chi connectivity index (χ1) is 15.6. The molecule has 1 fully saturated rings. The molecule has 0 spiro atoms. The minimum atomic E-state index is 0.137. The topological polar surface area (TPSA) is 58.6 Å². The Morgan fingerprint density at radius 1 is 1.00 bits per heavy atom. The van der Waals surface area contributed by atoms with Crippen LogP contribution in [0.15, 0.2) is 75.9 Å². The maximum absolute atomic E-state index is 12.9. The van der Waals surface area contributed by atoms with E-state index in [-0.39, 0.29) is 5.91 Å². The van der Waals surface area contributed by atoms with Crippen molar-refractivity contribution in [2.45, 2.75) is 21.9 Å². The Morgan fingerprint density at radius 2 is 1.75 bits per heavy atom. The number of carbonyl (C=O) groups excluding carboxylic acids is 1. The summed E-state index contributed by atoms with van der Waals surface area (Å²) >= 11 is 3.05. The minimum Gasteiger partial charge on any atom is -0.497 e. The fraction of sp³-hybridized carbons (Fsp3) is 0.292. The van der Waals surface area contributed by atoms with Gasteiger partial charge in [0.25, 0.3) is 0 Å². The number of hydrogen-bond acceptors (Lipinski definition) is 7. The van der Waals surface area contributed by atoms with Gasteiger partial charge in [0, 0.05) is 55.2 Å². The van der Waals surface area contributed by atoms with E-state index in [9.17, 15) is 4.79 Å². The van der Waals surface area contributed by atoms with Gasteiger partial charge in [-0.05, 0) is 30.7 Å². The van der Waals surface area contributed by atoms with E-state index >= 15 is 0 Å². The first-order valence-electron chi connectivity index (χ1n) is 10.5. The van der Waals surface area contributed by atoms with E-state index in [1.165, 1.54) is 17.3 Å². The highest BCUT2D eigenvalue weighted by Crippen LogP contribution is 2.34. The molecule has 1 aromatic heterocycles. The summed E-state index contributed by atoms with van der Waals surface area (Å²) in [6.07, 6.45) is 3.38. The second kappa shape index (κ2) is 10.7. The standard InChI is InChI=1S/C24H26N4O2S2/c1-18-6-3-4-9-21(18)32-24-23(25-10-11-26-24)31-17-22(29)28-14-12-27(13-15-28)19-7-5-8-20(16-19)30-2/h3-11,16H,12-15,17H2,1-2H3. The van der Waals surface area contributed by atoms with Crippen LogP contribution in [0.4, 0.5) is 5.69 Å². The lowest BCUT2D eigenvalue weighted by Gasteiger charge is -2.36. The van der Waals surface area contributed by atoms with Gasteiger partial charge in [0.15, 0.2) is 0 Å². The number of ether oxygens (including phenoxy) is 1. The lowest BCUT2D eigenvalue weighted by Crippen LogP contribution is -2.49.